The molecule has 164 valence electrons. The second kappa shape index (κ2) is 7.62. The third-order valence-electron chi connectivity index (χ3n) is 7.52. The maximum absolute atomic E-state index is 12.4. The van der Waals surface area contributed by atoms with E-state index < -0.39 is 0 Å². The molecule has 0 radical (unpaired) electrons. The molecule has 5 rings (SSSR count). The van der Waals surface area contributed by atoms with Crippen LogP contribution in [0.25, 0.3) is 0 Å². The number of thiazole rings is 1. The van der Waals surface area contributed by atoms with E-state index in [1.165, 1.54) is 4.88 Å². The van der Waals surface area contributed by atoms with Crippen LogP contribution < -0.4 is 10.1 Å². The summed E-state index contributed by atoms with van der Waals surface area (Å²) in [6.07, 6.45) is 3.02. The number of hydrogen-bond donors (Lipinski definition) is 1. The highest BCUT2D eigenvalue weighted by Gasteiger charge is 2.58. The van der Waals surface area contributed by atoms with Gasteiger partial charge in [-0.1, -0.05) is 39.0 Å². The number of esters is 1. The molecule has 6 nitrogen and oxygen atoms in total. The van der Waals surface area contributed by atoms with Gasteiger partial charge in [0.25, 0.3) is 5.91 Å². The fourth-order valence-electron chi connectivity index (χ4n) is 5.95. The van der Waals surface area contributed by atoms with Crippen molar-refractivity contribution in [2.45, 2.75) is 52.1 Å². The first-order valence-electron chi connectivity index (χ1n) is 11.0. The van der Waals surface area contributed by atoms with E-state index in [9.17, 15) is 9.59 Å². The average Bonchev–Trinajstić information content (AvgIpc) is 3.26. The lowest BCUT2D eigenvalue weighted by atomic mass is 9.54. The van der Waals surface area contributed by atoms with Crippen LogP contribution >= 0.6 is 11.3 Å². The van der Waals surface area contributed by atoms with Crippen molar-refractivity contribution >= 4 is 28.3 Å². The zero-order chi connectivity index (χ0) is 21.8. The molecule has 2 heterocycles. The van der Waals surface area contributed by atoms with Gasteiger partial charge < -0.3 is 9.47 Å². The molecule has 1 saturated heterocycles. The first kappa shape index (κ1) is 20.5. The van der Waals surface area contributed by atoms with E-state index in [-0.39, 0.29) is 47.8 Å². The number of amides is 1. The van der Waals surface area contributed by atoms with E-state index in [0.717, 1.165) is 25.0 Å². The molecule has 1 saturated carbocycles. The number of carbonyl (C=O) groups is 2. The Labute approximate surface area is 186 Å². The number of carbonyl (C=O) groups excluding carboxylic acids is 2. The van der Waals surface area contributed by atoms with Gasteiger partial charge in [-0.15, -0.1) is 11.3 Å². The Bertz CT molecular complexity index is 1010. The number of para-hydroxylation sites is 1. The Morgan fingerprint density at radius 3 is 2.84 bits per heavy atom. The first-order chi connectivity index (χ1) is 14.9. The molecular formula is C24H28N2O4S. The molecule has 31 heavy (non-hydrogen) atoms. The zero-order valence-electron chi connectivity index (χ0n) is 18.1. The van der Waals surface area contributed by atoms with Crippen molar-refractivity contribution in [2.24, 2.45) is 23.2 Å². The number of benzene rings is 1. The van der Waals surface area contributed by atoms with Gasteiger partial charge in [-0.25, -0.2) is 4.98 Å². The van der Waals surface area contributed by atoms with E-state index in [4.69, 9.17) is 14.5 Å². The molecule has 0 unspecified atom stereocenters. The van der Waals surface area contributed by atoms with Crippen LogP contribution in [-0.2, 0) is 20.7 Å². The molecule has 0 bridgehead atoms. The Balaban J connectivity index is 1.32. The Morgan fingerprint density at radius 2 is 2.06 bits per heavy atom. The summed E-state index contributed by atoms with van der Waals surface area (Å²) in [6, 6.07) is 9.29. The zero-order valence-corrected chi connectivity index (χ0v) is 18.9. The summed E-state index contributed by atoms with van der Waals surface area (Å²) < 4.78 is 11.4. The molecule has 0 spiro atoms. The Hall–Kier alpha value is -2.41. The van der Waals surface area contributed by atoms with E-state index in [1.54, 1.807) is 11.3 Å². The van der Waals surface area contributed by atoms with Crippen molar-refractivity contribution in [1.82, 2.24) is 4.98 Å². The molecule has 1 amide bonds. The van der Waals surface area contributed by atoms with Crippen LogP contribution in [-0.4, -0.2) is 29.6 Å². The van der Waals surface area contributed by atoms with Gasteiger partial charge in [0.1, 0.15) is 11.9 Å². The maximum atomic E-state index is 12.4. The van der Waals surface area contributed by atoms with Gasteiger partial charge in [0, 0.05) is 22.6 Å². The molecular weight excluding hydrogens is 412 g/mol. The minimum atomic E-state index is -0.218. The molecule has 2 fully saturated rings. The second-order valence-corrected chi connectivity index (χ2v) is 10.6. The van der Waals surface area contributed by atoms with Crippen LogP contribution in [0.3, 0.4) is 0 Å². The molecule has 2 aliphatic carbocycles. The molecule has 1 aliphatic heterocycles. The van der Waals surface area contributed by atoms with Crippen LogP contribution in [0.4, 0.5) is 5.13 Å². The van der Waals surface area contributed by atoms with Gasteiger partial charge in [-0.3, -0.25) is 14.9 Å². The monoisotopic (exact) mass is 440 g/mol. The van der Waals surface area contributed by atoms with Gasteiger partial charge in [0.05, 0.1) is 11.6 Å². The number of nitrogens with zero attached hydrogens (tertiary/aromatic N) is 1. The van der Waals surface area contributed by atoms with Crippen molar-refractivity contribution in [3.8, 4) is 5.75 Å². The molecule has 6 atom stereocenters. The van der Waals surface area contributed by atoms with Gasteiger partial charge >= 0.3 is 5.97 Å². The molecule has 7 heteroatoms. The van der Waals surface area contributed by atoms with Crippen molar-refractivity contribution in [2.75, 3.05) is 11.9 Å². The summed E-state index contributed by atoms with van der Waals surface area (Å²) in [7, 11) is 0. The van der Waals surface area contributed by atoms with Crippen LogP contribution in [0.1, 0.15) is 50.1 Å². The third-order valence-corrected chi connectivity index (χ3v) is 8.50. The topological polar surface area (TPSA) is 77.5 Å². The fourth-order valence-corrected chi connectivity index (χ4v) is 7.23. The van der Waals surface area contributed by atoms with Crippen LogP contribution in [0.5, 0.6) is 5.75 Å². The minimum Gasteiger partial charge on any atom is -0.484 e. The number of aromatic nitrogens is 1. The fraction of sp³-hybridized carbons (Fsp3) is 0.542. The summed E-state index contributed by atoms with van der Waals surface area (Å²) >= 11 is 1.56. The standard InChI is InChI=1S/C24H28N2O4S/c1-13-16-9-10-24(3)11-17-20(14(2)19(24)21(16)30-22(13)28)26-23(31-17)25-18(27)12-29-15-7-5-4-6-8-15/h4-8,13-14,16,19,21H,9-12H2,1-3H3,(H,25,26,27)/t13-,14-,16-,19+,21-,24-/m0/s1. The summed E-state index contributed by atoms with van der Waals surface area (Å²) in [5.41, 5.74) is 1.13. The second-order valence-electron chi connectivity index (χ2n) is 9.52. The smallest absolute Gasteiger partial charge is 0.309 e. The first-order valence-corrected chi connectivity index (χ1v) is 11.9. The van der Waals surface area contributed by atoms with E-state index in [2.05, 4.69) is 19.2 Å². The largest absolute Gasteiger partial charge is 0.484 e. The molecule has 1 N–H and O–H groups in total. The minimum absolute atomic E-state index is 0.0157. The SMILES string of the molecule is C[C@@H]1C(=O)O[C@H]2[C@H]1CC[C@@]1(C)Cc3sc(NC(=O)COc4ccccc4)nc3[C@@H](C)[C@H]21. The number of rotatable bonds is 4. The van der Waals surface area contributed by atoms with E-state index >= 15 is 0 Å². The number of nitrogens with one attached hydrogen (secondary N) is 1. The van der Waals surface area contributed by atoms with Crippen molar-refractivity contribution in [3.05, 3.63) is 40.9 Å². The summed E-state index contributed by atoms with van der Waals surface area (Å²) in [4.78, 5) is 30.7. The van der Waals surface area contributed by atoms with Gasteiger partial charge in [0.15, 0.2) is 11.7 Å². The van der Waals surface area contributed by atoms with Crippen LogP contribution in [0.2, 0.25) is 0 Å². The summed E-state index contributed by atoms with van der Waals surface area (Å²) in [6.45, 7) is 6.48. The van der Waals surface area contributed by atoms with Crippen LogP contribution in [0, 0.1) is 23.2 Å². The quantitative estimate of drug-likeness (QED) is 0.713. The van der Waals surface area contributed by atoms with Crippen molar-refractivity contribution in [1.29, 1.82) is 0 Å². The van der Waals surface area contributed by atoms with Gasteiger partial charge in [-0.2, -0.15) is 0 Å². The summed E-state index contributed by atoms with van der Waals surface area (Å²) in [5.74, 6) is 1.13. The molecule has 1 aromatic carbocycles. The van der Waals surface area contributed by atoms with Crippen LogP contribution in [0.15, 0.2) is 30.3 Å². The number of fused-ring (bicyclic) bond motifs is 4. The number of hydrogen-bond acceptors (Lipinski definition) is 6. The number of anilines is 1. The molecule has 1 aromatic heterocycles. The summed E-state index contributed by atoms with van der Waals surface area (Å²) in [5, 5.41) is 3.52. The highest BCUT2D eigenvalue weighted by Crippen LogP contribution is 2.59. The van der Waals surface area contributed by atoms with E-state index in [0.29, 0.717) is 16.8 Å². The predicted molar refractivity (Wildman–Crippen MR) is 118 cm³/mol. The van der Waals surface area contributed by atoms with Gasteiger partial charge in [-0.05, 0) is 36.8 Å². The highest BCUT2D eigenvalue weighted by atomic mass is 32.1. The lowest BCUT2D eigenvalue weighted by molar-refractivity contribution is -0.149. The van der Waals surface area contributed by atoms with Crippen molar-refractivity contribution < 1.29 is 19.1 Å². The van der Waals surface area contributed by atoms with Gasteiger partial charge in [0.2, 0.25) is 0 Å². The predicted octanol–water partition coefficient (Wildman–Crippen LogP) is 4.41. The number of ether oxygens (including phenoxy) is 2. The Kier molecular flexibility index (Phi) is 5.04. The lowest BCUT2D eigenvalue weighted by Crippen LogP contribution is -2.50. The van der Waals surface area contributed by atoms with E-state index in [1.807, 2.05) is 37.3 Å². The third kappa shape index (κ3) is 3.53. The highest BCUT2D eigenvalue weighted by molar-refractivity contribution is 7.15. The van der Waals surface area contributed by atoms with Crippen molar-refractivity contribution in [3.63, 3.8) is 0 Å². The average molecular weight is 441 g/mol. The lowest BCUT2D eigenvalue weighted by Gasteiger charge is -2.51. The molecule has 3 aliphatic rings. The normalized spacial score (nSPS) is 33.6. The molecule has 2 aromatic rings. The maximum Gasteiger partial charge on any atom is 0.309 e. The Morgan fingerprint density at radius 1 is 1.29 bits per heavy atom.